The minimum absolute atomic E-state index is 0.700. The molecule has 0 saturated heterocycles. The van der Waals surface area contributed by atoms with Gasteiger partial charge in [0.15, 0.2) is 0 Å². The predicted octanol–water partition coefficient (Wildman–Crippen LogP) is 3.57. The standard InChI is InChI=1S/C17H27NO/c1-5-18-16-8-7-14(13(16)3)11-15-10-12(2)6-9-17(15)19-4/h6,9-10,13-14,16,18H,5,7-8,11H2,1-4H3. The molecule has 1 fully saturated rings. The molecule has 0 amide bonds. The second-order valence-electron chi connectivity index (χ2n) is 5.88. The van der Waals surface area contributed by atoms with E-state index in [0.717, 1.165) is 30.6 Å². The molecule has 1 saturated carbocycles. The van der Waals surface area contributed by atoms with Crippen molar-refractivity contribution in [1.29, 1.82) is 0 Å². The summed E-state index contributed by atoms with van der Waals surface area (Å²) in [5.74, 6) is 2.58. The highest BCUT2D eigenvalue weighted by atomic mass is 16.5. The van der Waals surface area contributed by atoms with Crippen molar-refractivity contribution < 1.29 is 4.74 Å². The van der Waals surface area contributed by atoms with E-state index in [1.807, 2.05) is 0 Å². The molecule has 1 aromatic rings. The van der Waals surface area contributed by atoms with Crippen LogP contribution in [0.4, 0.5) is 0 Å². The molecular weight excluding hydrogens is 234 g/mol. The van der Waals surface area contributed by atoms with Crippen LogP contribution in [0.15, 0.2) is 18.2 Å². The predicted molar refractivity (Wildman–Crippen MR) is 80.8 cm³/mol. The molecule has 1 aliphatic rings. The fourth-order valence-electron chi connectivity index (χ4n) is 3.44. The maximum absolute atomic E-state index is 5.50. The van der Waals surface area contributed by atoms with Gasteiger partial charge in [0.25, 0.3) is 0 Å². The summed E-state index contributed by atoms with van der Waals surface area (Å²) in [6.45, 7) is 7.83. The lowest BCUT2D eigenvalue weighted by atomic mass is 9.89. The smallest absolute Gasteiger partial charge is 0.122 e. The van der Waals surface area contributed by atoms with Gasteiger partial charge in [-0.1, -0.05) is 31.5 Å². The first kappa shape index (κ1) is 14.4. The maximum atomic E-state index is 5.50. The van der Waals surface area contributed by atoms with Gasteiger partial charge < -0.3 is 10.1 Å². The zero-order chi connectivity index (χ0) is 13.8. The monoisotopic (exact) mass is 261 g/mol. The molecule has 106 valence electrons. The average Bonchev–Trinajstić information content (AvgIpc) is 2.73. The van der Waals surface area contributed by atoms with E-state index in [4.69, 9.17) is 4.74 Å². The average molecular weight is 261 g/mol. The van der Waals surface area contributed by atoms with Crippen molar-refractivity contribution in [3.63, 3.8) is 0 Å². The van der Waals surface area contributed by atoms with Crippen LogP contribution in [0.3, 0.4) is 0 Å². The molecule has 1 aliphatic carbocycles. The van der Waals surface area contributed by atoms with E-state index in [1.165, 1.54) is 24.0 Å². The first-order valence-corrected chi connectivity index (χ1v) is 7.52. The van der Waals surface area contributed by atoms with E-state index >= 15 is 0 Å². The Morgan fingerprint density at radius 3 is 2.79 bits per heavy atom. The van der Waals surface area contributed by atoms with Crippen LogP contribution in [-0.4, -0.2) is 19.7 Å². The van der Waals surface area contributed by atoms with Gasteiger partial charge in [-0.05, 0) is 56.2 Å². The van der Waals surface area contributed by atoms with Crippen molar-refractivity contribution in [2.75, 3.05) is 13.7 Å². The van der Waals surface area contributed by atoms with Gasteiger partial charge in [-0.25, -0.2) is 0 Å². The summed E-state index contributed by atoms with van der Waals surface area (Å²) >= 11 is 0. The van der Waals surface area contributed by atoms with Crippen LogP contribution in [-0.2, 0) is 6.42 Å². The molecule has 2 rings (SSSR count). The first-order chi connectivity index (χ1) is 9.15. The second kappa shape index (κ2) is 6.42. The van der Waals surface area contributed by atoms with E-state index in [9.17, 15) is 0 Å². The van der Waals surface area contributed by atoms with E-state index in [-0.39, 0.29) is 0 Å². The SMILES string of the molecule is CCNC1CCC(Cc2cc(C)ccc2OC)C1C. The first-order valence-electron chi connectivity index (χ1n) is 7.52. The highest BCUT2D eigenvalue weighted by molar-refractivity contribution is 5.37. The van der Waals surface area contributed by atoms with Crippen molar-refractivity contribution in [3.8, 4) is 5.75 Å². The molecule has 1 N–H and O–H groups in total. The largest absolute Gasteiger partial charge is 0.496 e. The number of benzene rings is 1. The Kier molecular flexibility index (Phi) is 4.87. The summed E-state index contributed by atoms with van der Waals surface area (Å²) in [6, 6.07) is 7.21. The number of ether oxygens (including phenoxy) is 1. The lowest BCUT2D eigenvalue weighted by Gasteiger charge is -2.22. The third-order valence-electron chi connectivity index (χ3n) is 4.61. The number of hydrogen-bond acceptors (Lipinski definition) is 2. The minimum atomic E-state index is 0.700. The van der Waals surface area contributed by atoms with Crippen LogP contribution in [0.5, 0.6) is 5.75 Å². The quantitative estimate of drug-likeness (QED) is 0.875. The van der Waals surface area contributed by atoms with E-state index in [1.54, 1.807) is 7.11 Å². The maximum Gasteiger partial charge on any atom is 0.122 e. The summed E-state index contributed by atoms with van der Waals surface area (Å²) in [7, 11) is 1.77. The summed E-state index contributed by atoms with van der Waals surface area (Å²) in [5, 5.41) is 3.62. The summed E-state index contributed by atoms with van der Waals surface area (Å²) < 4.78 is 5.50. The molecule has 19 heavy (non-hydrogen) atoms. The van der Waals surface area contributed by atoms with E-state index < -0.39 is 0 Å². The van der Waals surface area contributed by atoms with Crippen LogP contribution in [0.25, 0.3) is 0 Å². The lowest BCUT2D eigenvalue weighted by Crippen LogP contribution is -2.32. The Morgan fingerprint density at radius 1 is 1.32 bits per heavy atom. The van der Waals surface area contributed by atoms with Gasteiger partial charge >= 0.3 is 0 Å². The molecule has 3 atom stereocenters. The number of aryl methyl sites for hydroxylation is 1. The van der Waals surface area contributed by atoms with Gasteiger partial charge in [0.2, 0.25) is 0 Å². The second-order valence-corrected chi connectivity index (χ2v) is 5.88. The van der Waals surface area contributed by atoms with Crippen LogP contribution in [0, 0.1) is 18.8 Å². The normalized spacial score (nSPS) is 26.6. The Hall–Kier alpha value is -1.02. The van der Waals surface area contributed by atoms with Crippen LogP contribution in [0.2, 0.25) is 0 Å². The number of rotatable bonds is 5. The van der Waals surface area contributed by atoms with Gasteiger partial charge in [0.05, 0.1) is 7.11 Å². The van der Waals surface area contributed by atoms with Gasteiger partial charge in [0, 0.05) is 6.04 Å². The molecule has 0 heterocycles. The van der Waals surface area contributed by atoms with Gasteiger partial charge in [-0.2, -0.15) is 0 Å². The van der Waals surface area contributed by atoms with Crippen molar-refractivity contribution in [2.45, 2.75) is 46.1 Å². The van der Waals surface area contributed by atoms with Gasteiger partial charge in [-0.3, -0.25) is 0 Å². The number of methoxy groups -OCH3 is 1. The molecule has 2 nitrogen and oxygen atoms in total. The van der Waals surface area contributed by atoms with Crippen molar-refractivity contribution in [3.05, 3.63) is 29.3 Å². The Morgan fingerprint density at radius 2 is 2.11 bits per heavy atom. The van der Waals surface area contributed by atoms with Crippen LogP contribution >= 0.6 is 0 Å². The van der Waals surface area contributed by atoms with Crippen molar-refractivity contribution in [1.82, 2.24) is 5.32 Å². The van der Waals surface area contributed by atoms with Gasteiger partial charge in [0.1, 0.15) is 5.75 Å². The Balaban J connectivity index is 2.07. The molecule has 0 radical (unpaired) electrons. The Labute approximate surface area is 117 Å². The summed E-state index contributed by atoms with van der Waals surface area (Å²) in [6.07, 6.45) is 3.79. The Bertz CT molecular complexity index is 416. The lowest BCUT2D eigenvalue weighted by molar-refractivity contribution is 0.348. The number of hydrogen-bond donors (Lipinski definition) is 1. The van der Waals surface area contributed by atoms with Crippen LogP contribution < -0.4 is 10.1 Å². The molecule has 2 heteroatoms. The zero-order valence-corrected chi connectivity index (χ0v) is 12.7. The van der Waals surface area contributed by atoms with Crippen molar-refractivity contribution in [2.24, 2.45) is 11.8 Å². The molecule has 1 aromatic carbocycles. The molecule has 3 unspecified atom stereocenters. The summed E-state index contributed by atoms with van der Waals surface area (Å²) in [4.78, 5) is 0. The number of nitrogens with one attached hydrogen (secondary N) is 1. The highest BCUT2D eigenvalue weighted by Gasteiger charge is 2.32. The molecule has 0 aliphatic heterocycles. The third-order valence-corrected chi connectivity index (χ3v) is 4.61. The molecule has 0 spiro atoms. The summed E-state index contributed by atoms with van der Waals surface area (Å²) in [5.41, 5.74) is 2.70. The molecular formula is C17H27NO. The molecule has 0 aromatic heterocycles. The van der Waals surface area contributed by atoms with E-state index in [0.29, 0.717) is 6.04 Å². The fourth-order valence-corrected chi connectivity index (χ4v) is 3.44. The third kappa shape index (κ3) is 3.30. The van der Waals surface area contributed by atoms with Crippen molar-refractivity contribution >= 4 is 0 Å². The zero-order valence-electron chi connectivity index (χ0n) is 12.7. The molecule has 0 bridgehead atoms. The minimum Gasteiger partial charge on any atom is -0.496 e. The van der Waals surface area contributed by atoms with E-state index in [2.05, 4.69) is 44.3 Å². The van der Waals surface area contributed by atoms with Crippen LogP contribution in [0.1, 0.15) is 37.8 Å². The fraction of sp³-hybridized carbons (Fsp3) is 0.647. The topological polar surface area (TPSA) is 21.3 Å². The highest BCUT2D eigenvalue weighted by Crippen LogP contribution is 2.36. The van der Waals surface area contributed by atoms with Gasteiger partial charge in [-0.15, -0.1) is 0 Å².